The van der Waals surface area contributed by atoms with Crippen LogP contribution in [0.3, 0.4) is 0 Å². The number of benzene rings is 2. The van der Waals surface area contributed by atoms with Gasteiger partial charge in [0.05, 0.1) is 16.8 Å². The molecule has 1 amide bonds. The second-order valence-electron chi connectivity index (χ2n) is 4.53. The predicted molar refractivity (Wildman–Crippen MR) is 81.2 cm³/mol. The Morgan fingerprint density at radius 2 is 1.76 bits per heavy atom. The number of carbonyl (C=O) groups is 1. The highest BCUT2D eigenvalue weighted by Crippen LogP contribution is 2.28. The van der Waals surface area contributed by atoms with Gasteiger partial charge in [-0.15, -0.1) is 0 Å². The number of pyridine rings is 1. The van der Waals surface area contributed by atoms with Crippen molar-refractivity contribution in [2.75, 3.05) is 5.73 Å². The third-order valence-electron chi connectivity index (χ3n) is 3.09. The molecule has 3 aromatic rings. The number of fused-ring (bicyclic) bond motifs is 1. The van der Waals surface area contributed by atoms with E-state index < -0.39 is 5.91 Å². The van der Waals surface area contributed by atoms with Gasteiger partial charge in [-0.3, -0.25) is 4.79 Å². The fraction of sp³-hybridized carbons (Fsp3) is 0. The van der Waals surface area contributed by atoms with Crippen LogP contribution in [0.4, 0.5) is 5.69 Å². The van der Waals surface area contributed by atoms with Crippen molar-refractivity contribution in [3.63, 3.8) is 0 Å². The second kappa shape index (κ2) is 5.13. The third-order valence-corrected chi connectivity index (χ3v) is 3.09. The molecule has 0 fully saturated rings. The van der Waals surface area contributed by atoms with E-state index in [1.54, 1.807) is 24.3 Å². The van der Waals surface area contributed by atoms with Crippen molar-refractivity contribution in [3.05, 3.63) is 60.2 Å². The Morgan fingerprint density at radius 3 is 2.52 bits per heavy atom. The minimum Gasteiger partial charge on any atom is -0.437 e. The van der Waals surface area contributed by atoms with E-state index in [2.05, 4.69) is 4.98 Å². The van der Waals surface area contributed by atoms with E-state index >= 15 is 0 Å². The highest BCUT2D eigenvalue weighted by Gasteiger charge is 2.12. The van der Waals surface area contributed by atoms with Crippen molar-refractivity contribution < 1.29 is 9.53 Å². The maximum Gasteiger partial charge on any atom is 0.249 e. The molecule has 0 saturated carbocycles. The topological polar surface area (TPSA) is 91.2 Å². The van der Waals surface area contributed by atoms with Gasteiger partial charge < -0.3 is 16.2 Å². The van der Waals surface area contributed by atoms with Gasteiger partial charge in [0.2, 0.25) is 11.8 Å². The van der Waals surface area contributed by atoms with Crippen LogP contribution in [0.5, 0.6) is 11.6 Å². The number of rotatable bonds is 3. The minimum atomic E-state index is -0.528. The zero-order valence-corrected chi connectivity index (χ0v) is 11.1. The number of primary amides is 1. The summed E-state index contributed by atoms with van der Waals surface area (Å²) in [6.45, 7) is 0. The van der Waals surface area contributed by atoms with Gasteiger partial charge in [-0.25, -0.2) is 4.98 Å². The van der Waals surface area contributed by atoms with Crippen molar-refractivity contribution in [1.82, 2.24) is 4.98 Å². The second-order valence-corrected chi connectivity index (χ2v) is 4.53. The van der Waals surface area contributed by atoms with Gasteiger partial charge in [0, 0.05) is 11.5 Å². The number of carbonyl (C=O) groups excluding carboxylic acids is 1. The van der Waals surface area contributed by atoms with Crippen molar-refractivity contribution in [2.45, 2.75) is 0 Å². The lowest BCUT2D eigenvalue weighted by Gasteiger charge is -2.10. The first-order chi connectivity index (χ1) is 10.1. The van der Waals surface area contributed by atoms with E-state index in [4.69, 9.17) is 16.2 Å². The summed E-state index contributed by atoms with van der Waals surface area (Å²) in [4.78, 5) is 16.0. The first-order valence-corrected chi connectivity index (χ1v) is 6.37. The average molecular weight is 279 g/mol. The number of aromatic nitrogens is 1. The summed E-state index contributed by atoms with van der Waals surface area (Å²) < 4.78 is 5.66. The fourth-order valence-electron chi connectivity index (χ4n) is 2.09. The Kier molecular flexibility index (Phi) is 3.16. The molecule has 0 aliphatic rings. The van der Waals surface area contributed by atoms with Crippen LogP contribution in [0.2, 0.25) is 0 Å². The van der Waals surface area contributed by atoms with Crippen LogP contribution in [-0.2, 0) is 0 Å². The Morgan fingerprint density at radius 1 is 1.05 bits per heavy atom. The Hall–Kier alpha value is -3.08. The molecular formula is C16H13N3O2. The molecule has 2 aromatic carbocycles. The van der Waals surface area contributed by atoms with Crippen LogP contribution in [0.15, 0.2) is 54.6 Å². The van der Waals surface area contributed by atoms with E-state index in [0.29, 0.717) is 27.9 Å². The largest absolute Gasteiger partial charge is 0.437 e. The SMILES string of the molecule is NC(=O)c1cc(Oc2ccccc2N)nc2ccccc12. The van der Waals surface area contributed by atoms with Gasteiger partial charge in [0.15, 0.2) is 5.75 Å². The summed E-state index contributed by atoms with van der Waals surface area (Å²) in [5.41, 5.74) is 12.8. The number of ether oxygens (including phenoxy) is 1. The molecule has 4 N–H and O–H groups in total. The Labute approximate surface area is 121 Å². The van der Waals surface area contributed by atoms with E-state index in [1.807, 2.05) is 24.3 Å². The van der Waals surface area contributed by atoms with Crippen molar-refractivity contribution in [2.24, 2.45) is 5.73 Å². The zero-order chi connectivity index (χ0) is 14.8. The molecule has 0 aliphatic carbocycles. The van der Waals surface area contributed by atoms with Crippen molar-refractivity contribution in [1.29, 1.82) is 0 Å². The average Bonchev–Trinajstić information content (AvgIpc) is 2.48. The molecule has 5 nitrogen and oxygen atoms in total. The number of amides is 1. The van der Waals surface area contributed by atoms with Gasteiger partial charge >= 0.3 is 0 Å². The van der Waals surface area contributed by atoms with Gasteiger partial charge in [-0.2, -0.15) is 0 Å². The highest BCUT2D eigenvalue weighted by molar-refractivity contribution is 6.05. The monoisotopic (exact) mass is 279 g/mol. The molecule has 0 atom stereocenters. The summed E-state index contributed by atoms with van der Waals surface area (Å²) in [6.07, 6.45) is 0. The van der Waals surface area contributed by atoms with E-state index in [0.717, 1.165) is 0 Å². The van der Waals surface area contributed by atoms with Crippen LogP contribution in [-0.4, -0.2) is 10.9 Å². The number of anilines is 1. The van der Waals surface area contributed by atoms with Crippen LogP contribution >= 0.6 is 0 Å². The summed E-state index contributed by atoms with van der Waals surface area (Å²) >= 11 is 0. The smallest absolute Gasteiger partial charge is 0.249 e. The molecule has 104 valence electrons. The number of nitrogens with zero attached hydrogens (tertiary/aromatic N) is 1. The molecule has 5 heteroatoms. The third kappa shape index (κ3) is 2.49. The van der Waals surface area contributed by atoms with Crippen LogP contribution in [0.25, 0.3) is 10.9 Å². The van der Waals surface area contributed by atoms with Gasteiger partial charge in [0.25, 0.3) is 0 Å². The lowest BCUT2D eigenvalue weighted by molar-refractivity contribution is 0.100. The van der Waals surface area contributed by atoms with Crippen LogP contribution < -0.4 is 16.2 Å². The molecule has 0 aliphatic heterocycles. The van der Waals surface area contributed by atoms with Crippen molar-refractivity contribution >= 4 is 22.5 Å². The maximum atomic E-state index is 11.6. The first-order valence-electron chi connectivity index (χ1n) is 6.37. The standard InChI is InChI=1S/C16H13N3O2/c17-12-6-2-4-8-14(12)21-15-9-11(16(18)20)10-5-1-3-7-13(10)19-15/h1-9H,17H2,(H2,18,20). The van der Waals surface area contributed by atoms with Crippen molar-refractivity contribution in [3.8, 4) is 11.6 Å². The van der Waals surface area contributed by atoms with Crippen LogP contribution in [0.1, 0.15) is 10.4 Å². The quantitative estimate of drug-likeness (QED) is 0.721. The predicted octanol–water partition coefficient (Wildman–Crippen LogP) is 2.71. The maximum absolute atomic E-state index is 11.6. The molecular weight excluding hydrogens is 266 g/mol. The van der Waals surface area contributed by atoms with Gasteiger partial charge in [-0.05, 0) is 18.2 Å². The zero-order valence-electron chi connectivity index (χ0n) is 11.1. The molecule has 0 radical (unpaired) electrons. The molecule has 1 aromatic heterocycles. The number of hydrogen-bond acceptors (Lipinski definition) is 4. The normalized spacial score (nSPS) is 10.5. The Bertz CT molecular complexity index is 831. The summed E-state index contributed by atoms with van der Waals surface area (Å²) in [7, 11) is 0. The molecule has 3 rings (SSSR count). The van der Waals surface area contributed by atoms with Gasteiger partial charge in [-0.1, -0.05) is 30.3 Å². The first kappa shape index (κ1) is 12.9. The molecule has 1 heterocycles. The number of para-hydroxylation sites is 3. The summed E-state index contributed by atoms with van der Waals surface area (Å²) in [6, 6.07) is 15.9. The highest BCUT2D eigenvalue weighted by atomic mass is 16.5. The van der Waals surface area contributed by atoms with E-state index in [-0.39, 0.29) is 5.88 Å². The summed E-state index contributed by atoms with van der Waals surface area (Å²) in [5.74, 6) is 0.232. The fourth-order valence-corrected chi connectivity index (χ4v) is 2.09. The van der Waals surface area contributed by atoms with E-state index in [9.17, 15) is 4.79 Å². The molecule has 0 saturated heterocycles. The van der Waals surface area contributed by atoms with Gasteiger partial charge in [0.1, 0.15) is 0 Å². The molecule has 0 bridgehead atoms. The molecule has 0 spiro atoms. The summed E-state index contributed by atoms with van der Waals surface area (Å²) in [5, 5.41) is 0.693. The lowest BCUT2D eigenvalue weighted by atomic mass is 10.1. The van der Waals surface area contributed by atoms with Crippen LogP contribution in [0, 0.1) is 0 Å². The lowest BCUT2D eigenvalue weighted by Crippen LogP contribution is -2.12. The number of hydrogen-bond donors (Lipinski definition) is 2. The number of nitrogens with two attached hydrogens (primary N) is 2. The molecule has 0 unspecified atom stereocenters. The van der Waals surface area contributed by atoms with E-state index in [1.165, 1.54) is 6.07 Å². The number of nitrogen functional groups attached to an aromatic ring is 1. The molecule has 21 heavy (non-hydrogen) atoms. The Balaban J connectivity index is 2.11. The minimum absolute atomic E-state index is 0.278.